The van der Waals surface area contributed by atoms with E-state index in [-0.39, 0.29) is 17.9 Å². The largest absolute Gasteiger partial charge is 0.478 e. The Kier molecular flexibility index (Phi) is 3.72. The molecule has 78 valence electrons. The molecule has 0 unspecified atom stereocenters. The normalized spacial score (nSPS) is 9.13. The van der Waals surface area contributed by atoms with Gasteiger partial charge in [0.25, 0.3) is 0 Å². The zero-order valence-corrected chi connectivity index (χ0v) is 8.03. The summed E-state index contributed by atoms with van der Waals surface area (Å²) >= 11 is 0. The smallest absolute Gasteiger partial charge is 0.337 e. The molecular weight excluding hydrogens is 194 g/mol. The predicted molar refractivity (Wildman–Crippen MR) is 56.4 cm³/mol. The lowest BCUT2D eigenvalue weighted by Crippen LogP contribution is -2.02. The fourth-order valence-corrected chi connectivity index (χ4v) is 1.04. The number of nitrogens with two attached hydrogens (primary N) is 1. The molecule has 0 aromatic heterocycles. The molecule has 0 aliphatic rings. The first-order valence-corrected chi connectivity index (χ1v) is 4.37. The van der Waals surface area contributed by atoms with Crippen molar-refractivity contribution in [3.63, 3.8) is 0 Å². The van der Waals surface area contributed by atoms with Crippen molar-refractivity contribution < 1.29 is 15.0 Å². The Morgan fingerprint density at radius 3 is 2.80 bits per heavy atom. The molecule has 1 rings (SSSR count). The lowest BCUT2D eigenvalue weighted by molar-refractivity contribution is 0.0698. The van der Waals surface area contributed by atoms with Crippen molar-refractivity contribution in [3.8, 4) is 11.8 Å². The molecule has 0 aliphatic heterocycles. The van der Waals surface area contributed by atoms with E-state index in [1.165, 1.54) is 12.1 Å². The van der Waals surface area contributed by atoms with Gasteiger partial charge in [0.05, 0.1) is 12.2 Å². The van der Waals surface area contributed by atoms with Crippen molar-refractivity contribution in [1.82, 2.24) is 0 Å². The summed E-state index contributed by atoms with van der Waals surface area (Å²) in [6.07, 6.45) is 0.368. The number of carboxylic acids is 1. The highest BCUT2D eigenvalue weighted by Crippen LogP contribution is 2.13. The maximum atomic E-state index is 10.7. The van der Waals surface area contributed by atoms with Crippen LogP contribution < -0.4 is 5.73 Å². The Labute approximate surface area is 87.3 Å². The summed E-state index contributed by atoms with van der Waals surface area (Å²) < 4.78 is 0. The van der Waals surface area contributed by atoms with E-state index in [4.69, 9.17) is 15.9 Å². The Balaban J connectivity index is 2.99. The van der Waals surface area contributed by atoms with Crippen LogP contribution in [0.5, 0.6) is 0 Å². The minimum absolute atomic E-state index is 0.00619. The van der Waals surface area contributed by atoms with Crippen LogP contribution in [0.2, 0.25) is 0 Å². The van der Waals surface area contributed by atoms with Crippen LogP contribution in [0, 0.1) is 11.8 Å². The molecular formula is C11H11NO3. The average Bonchev–Trinajstić information content (AvgIpc) is 2.20. The topological polar surface area (TPSA) is 83.5 Å². The predicted octanol–water partition coefficient (Wildman–Crippen LogP) is 0.701. The highest BCUT2D eigenvalue weighted by molar-refractivity contribution is 5.94. The molecule has 15 heavy (non-hydrogen) atoms. The van der Waals surface area contributed by atoms with Gasteiger partial charge in [-0.2, -0.15) is 0 Å². The lowest BCUT2D eigenvalue weighted by Gasteiger charge is -2.00. The second-order valence-corrected chi connectivity index (χ2v) is 2.88. The first-order valence-electron chi connectivity index (χ1n) is 4.37. The summed E-state index contributed by atoms with van der Waals surface area (Å²) in [6, 6.07) is 4.57. The number of aliphatic hydroxyl groups excluding tert-OH is 1. The maximum absolute atomic E-state index is 10.7. The van der Waals surface area contributed by atoms with E-state index in [0.29, 0.717) is 12.0 Å². The minimum atomic E-state index is -1.07. The molecule has 4 nitrogen and oxygen atoms in total. The van der Waals surface area contributed by atoms with Gasteiger partial charge in [0.15, 0.2) is 0 Å². The zero-order chi connectivity index (χ0) is 11.3. The molecule has 0 heterocycles. The van der Waals surface area contributed by atoms with Crippen LogP contribution in [0.15, 0.2) is 18.2 Å². The van der Waals surface area contributed by atoms with Crippen LogP contribution in [-0.4, -0.2) is 22.8 Å². The van der Waals surface area contributed by atoms with Gasteiger partial charge in [-0.3, -0.25) is 0 Å². The molecule has 1 aromatic carbocycles. The fourth-order valence-electron chi connectivity index (χ4n) is 1.04. The highest BCUT2D eigenvalue weighted by atomic mass is 16.4. The van der Waals surface area contributed by atoms with Crippen LogP contribution in [0.25, 0.3) is 0 Å². The standard InChI is InChI=1S/C11H11NO3/c12-10-5-4-8(3-1-2-6-13)7-9(10)11(14)15/h4-5,7,13H,2,6,12H2,(H,14,15). The van der Waals surface area contributed by atoms with E-state index in [1.54, 1.807) is 6.07 Å². The quantitative estimate of drug-likeness (QED) is 0.490. The number of benzene rings is 1. The monoisotopic (exact) mass is 205 g/mol. The number of rotatable bonds is 2. The fraction of sp³-hybridized carbons (Fsp3) is 0.182. The molecule has 0 radical (unpaired) electrons. The van der Waals surface area contributed by atoms with Gasteiger partial charge < -0.3 is 15.9 Å². The molecule has 0 bridgehead atoms. The van der Waals surface area contributed by atoms with Gasteiger partial charge in [-0.25, -0.2) is 4.79 Å². The van der Waals surface area contributed by atoms with E-state index in [9.17, 15) is 4.79 Å². The average molecular weight is 205 g/mol. The van der Waals surface area contributed by atoms with Gasteiger partial charge in [-0.1, -0.05) is 11.8 Å². The van der Waals surface area contributed by atoms with E-state index in [1.807, 2.05) is 0 Å². The van der Waals surface area contributed by atoms with Crippen LogP contribution in [0.1, 0.15) is 22.3 Å². The summed E-state index contributed by atoms with van der Waals surface area (Å²) in [7, 11) is 0. The zero-order valence-electron chi connectivity index (χ0n) is 8.03. The van der Waals surface area contributed by atoms with Crippen molar-refractivity contribution >= 4 is 11.7 Å². The van der Waals surface area contributed by atoms with Gasteiger partial charge in [0.2, 0.25) is 0 Å². The Hall–Kier alpha value is -1.99. The first kappa shape index (κ1) is 11.1. The van der Waals surface area contributed by atoms with Gasteiger partial charge in [0.1, 0.15) is 0 Å². The number of aliphatic hydroxyl groups is 1. The Bertz CT molecular complexity index is 429. The van der Waals surface area contributed by atoms with Crippen LogP contribution in [0.3, 0.4) is 0 Å². The summed E-state index contributed by atoms with van der Waals surface area (Å²) in [6.45, 7) is -0.00619. The van der Waals surface area contributed by atoms with E-state index in [0.717, 1.165) is 0 Å². The molecule has 4 heteroatoms. The number of nitrogen functional groups attached to an aromatic ring is 1. The second-order valence-electron chi connectivity index (χ2n) is 2.88. The van der Waals surface area contributed by atoms with Crippen molar-refractivity contribution in [2.45, 2.75) is 6.42 Å². The summed E-state index contributed by atoms with van der Waals surface area (Å²) in [5.41, 5.74) is 6.32. The first-order chi connectivity index (χ1) is 7.15. The molecule has 0 amide bonds. The third kappa shape index (κ3) is 3.01. The molecule has 0 fully saturated rings. The number of hydrogen-bond acceptors (Lipinski definition) is 3. The minimum Gasteiger partial charge on any atom is -0.478 e. The van der Waals surface area contributed by atoms with Gasteiger partial charge in [0, 0.05) is 17.7 Å². The van der Waals surface area contributed by atoms with Crippen LogP contribution >= 0.6 is 0 Å². The van der Waals surface area contributed by atoms with E-state index < -0.39 is 5.97 Å². The van der Waals surface area contributed by atoms with Crippen molar-refractivity contribution in [3.05, 3.63) is 29.3 Å². The molecule has 1 aromatic rings. The molecule has 0 saturated heterocycles. The van der Waals surface area contributed by atoms with Crippen LogP contribution in [-0.2, 0) is 0 Å². The molecule has 4 N–H and O–H groups in total. The summed E-state index contributed by atoms with van der Waals surface area (Å²) in [5.74, 6) is 4.37. The van der Waals surface area contributed by atoms with Crippen molar-refractivity contribution in [2.24, 2.45) is 0 Å². The lowest BCUT2D eigenvalue weighted by atomic mass is 10.1. The third-order valence-electron chi connectivity index (χ3n) is 1.75. The molecule has 0 spiro atoms. The Morgan fingerprint density at radius 2 is 2.20 bits per heavy atom. The second kappa shape index (κ2) is 5.03. The number of hydrogen-bond donors (Lipinski definition) is 3. The van der Waals surface area contributed by atoms with Gasteiger partial charge in [-0.05, 0) is 18.2 Å². The number of aromatic carboxylic acids is 1. The highest BCUT2D eigenvalue weighted by Gasteiger charge is 2.07. The molecule has 0 saturated carbocycles. The van der Waals surface area contributed by atoms with E-state index >= 15 is 0 Å². The van der Waals surface area contributed by atoms with Gasteiger partial charge >= 0.3 is 5.97 Å². The molecule has 0 atom stereocenters. The number of anilines is 1. The summed E-state index contributed by atoms with van der Waals surface area (Å²) in [5, 5.41) is 17.3. The van der Waals surface area contributed by atoms with Crippen molar-refractivity contribution in [1.29, 1.82) is 0 Å². The van der Waals surface area contributed by atoms with Crippen molar-refractivity contribution in [2.75, 3.05) is 12.3 Å². The number of carboxylic acid groups (broad SMARTS) is 1. The number of carbonyl (C=O) groups is 1. The maximum Gasteiger partial charge on any atom is 0.337 e. The van der Waals surface area contributed by atoms with E-state index in [2.05, 4.69) is 11.8 Å². The van der Waals surface area contributed by atoms with Crippen LogP contribution in [0.4, 0.5) is 5.69 Å². The van der Waals surface area contributed by atoms with Gasteiger partial charge in [-0.15, -0.1) is 0 Å². The Morgan fingerprint density at radius 1 is 1.47 bits per heavy atom. The molecule has 0 aliphatic carbocycles. The third-order valence-corrected chi connectivity index (χ3v) is 1.75. The SMILES string of the molecule is Nc1ccc(C#CCCO)cc1C(=O)O. The summed E-state index contributed by atoms with van der Waals surface area (Å²) in [4.78, 5) is 10.7.